The van der Waals surface area contributed by atoms with Gasteiger partial charge in [-0.3, -0.25) is 4.79 Å². The molecule has 0 aliphatic heterocycles. The van der Waals surface area contributed by atoms with Crippen LogP contribution in [-0.4, -0.2) is 38.0 Å². The Labute approximate surface area is 135 Å². The standard InChI is InChI=1S/C18H20O5/c1-21-16-11-14(18(20,23-3)12-17(16)22-2)9-10-15(19)13-7-5-4-6-8-13/h4-12,14,20H,1-3H3. The lowest BCUT2D eigenvalue weighted by atomic mass is 9.91. The molecule has 0 radical (unpaired) electrons. The number of rotatable bonds is 6. The zero-order valence-electron chi connectivity index (χ0n) is 13.4. The summed E-state index contributed by atoms with van der Waals surface area (Å²) in [6, 6.07) is 8.90. The molecule has 122 valence electrons. The van der Waals surface area contributed by atoms with Gasteiger partial charge in [0.1, 0.15) is 0 Å². The van der Waals surface area contributed by atoms with Crippen molar-refractivity contribution in [3.63, 3.8) is 0 Å². The number of carbonyl (C=O) groups is 1. The van der Waals surface area contributed by atoms with E-state index in [2.05, 4.69) is 0 Å². The highest BCUT2D eigenvalue weighted by molar-refractivity contribution is 6.04. The van der Waals surface area contributed by atoms with Crippen LogP contribution in [0.1, 0.15) is 10.4 Å². The monoisotopic (exact) mass is 316 g/mol. The highest BCUT2D eigenvalue weighted by atomic mass is 16.6. The lowest BCUT2D eigenvalue weighted by molar-refractivity contribution is -0.166. The first-order valence-electron chi connectivity index (χ1n) is 7.12. The van der Waals surface area contributed by atoms with Crippen LogP contribution in [0.4, 0.5) is 0 Å². The number of hydrogen-bond donors (Lipinski definition) is 1. The Morgan fingerprint density at radius 2 is 1.78 bits per heavy atom. The van der Waals surface area contributed by atoms with Gasteiger partial charge in [-0.15, -0.1) is 0 Å². The van der Waals surface area contributed by atoms with E-state index in [4.69, 9.17) is 14.2 Å². The van der Waals surface area contributed by atoms with E-state index < -0.39 is 11.7 Å². The van der Waals surface area contributed by atoms with Gasteiger partial charge < -0.3 is 19.3 Å². The van der Waals surface area contributed by atoms with E-state index in [9.17, 15) is 9.90 Å². The van der Waals surface area contributed by atoms with Gasteiger partial charge in [0.2, 0.25) is 0 Å². The molecule has 0 aromatic heterocycles. The van der Waals surface area contributed by atoms with Crippen molar-refractivity contribution in [3.05, 3.63) is 71.7 Å². The number of carbonyl (C=O) groups excluding carboxylic acids is 1. The quantitative estimate of drug-likeness (QED) is 0.496. The summed E-state index contributed by atoms with van der Waals surface area (Å²) in [7, 11) is 4.37. The number of methoxy groups -OCH3 is 3. The molecular weight excluding hydrogens is 296 g/mol. The largest absolute Gasteiger partial charge is 0.493 e. The Morgan fingerprint density at radius 1 is 1.13 bits per heavy atom. The second-order valence-electron chi connectivity index (χ2n) is 5.02. The SMILES string of the molecule is COC1=CC(C=CC(=O)c2ccccc2)C(O)(OC)C=C1OC. The van der Waals surface area contributed by atoms with E-state index in [0.717, 1.165) is 0 Å². The molecule has 1 aromatic rings. The molecule has 23 heavy (non-hydrogen) atoms. The average Bonchev–Trinajstić information content (AvgIpc) is 2.60. The van der Waals surface area contributed by atoms with Gasteiger partial charge in [-0.1, -0.05) is 36.4 Å². The predicted molar refractivity (Wildman–Crippen MR) is 85.5 cm³/mol. The van der Waals surface area contributed by atoms with Crippen LogP contribution in [0, 0.1) is 5.92 Å². The molecule has 2 rings (SSSR count). The third kappa shape index (κ3) is 3.70. The van der Waals surface area contributed by atoms with Gasteiger partial charge in [0.25, 0.3) is 0 Å². The molecule has 2 atom stereocenters. The van der Waals surface area contributed by atoms with Gasteiger partial charge in [-0.25, -0.2) is 0 Å². The summed E-state index contributed by atoms with van der Waals surface area (Å²) >= 11 is 0. The van der Waals surface area contributed by atoms with Crippen molar-refractivity contribution >= 4 is 5.78 Å². The number of ketones is 1. The molecule has 1 aliphatic rings. The molecule has 0 amide bonds. The molecule has 0 heterocycles. The van der Waals surface area contributed by atoms with Crippen molar-refractivity contribution in [3.8, 4) is 0 Å². The fourth-order valence-corrected chi connectivity index (χ4v) is 2.33. The predicted octanol–water partition coefficient (Wildman–Crippen LogP) is 2.45. The molecule has 5 nitrogen and oxygen atoms in total. The minimum Gasteiger partial charge on any atom is -0.493 e. The van der Waals surface area contributed by atoms with Gasteiger partial charge >= 0.3 is 0 Å². The lowest BCUT2D eigenvalue weighted by Gasteiger charge is -2.32. The van der Waals surface area contributed by atoms with Crippen molar-refractivity contribution in [2.75, 3.05) is 21.3 Å². The van der Waals surface area contributed by atoms with Crippen LogP contribution in [0.2, 0.25) is 0 Å². The van der Waals surface area contributed by atoms with Crippen LogP contribution in [0.3, 0.4) is 0 Å². The minimum absolute atomic E-state index is 0.155. The number of aliphatic hydroxyl groups is 1. The topological polar surface area (TPSA) is 65.0 Å². The van der Waals surface area contributed by atoms with Crippen LogP contribution in [0.5, 0.6) is 0 Å². The van der Waals surface area contributed by atoms with E-state index in [-0.39, 0.29) is 5.78 Å². The second-order valence-corrected chi connectivity index (χ2v) is 5.02. The van der Waals surface area contributed by atoms with Crippen molar-refractivity contribution in [1.82, 2.24) is 0 Å². The van der Waals surface area contributed by atoms with Gasteiger partial charge in [0.05, 0.1) is 20.1 Å². The Morgan fingerprint density at radius 3 is 2.35 bits per heavy atom. The van der Waals surface area contributed by atoms with E-state index >= 15 is 0 Å². The van der Waals surface area contributed by atoms with E-state index in [1.54, 1.807) is 36.4 Å². The highest BCUT2D eigenvalue weighted by Crippen LogP contribution is 2.33. The molecule has 0 saturated heterocycles. The number of ether oxygens (including phenoxy) is 3. The Hall–Kier alpha value is -2.37. The molecule has 1 aliphatic carbocycles. The Balaban J connectivity index is 2.26. The summed E-state index contributed by atoms with van der Waals surface area (Å²) in [6.07, 6.45) is 6.07. The van der Waals surface area contributed by atoms with Crippen molar-refractivity contribution in [2.24, 2.45) is 5.92 Å². The average molecular weight is 316 g/mol. The van der Waals surface area contributed by atoms with E-state index in [1.807, 2.05) is 6.07 Å². The maximum Gasteiger partial charge on any atom is 0.199 e. The molecule has 1 N–H and O–H groups in total. The van der Waals surface area contributed by atoms with Crippen molar-refractivity contribution in [1.29, 1.82) is 0 Å². The zero-order valence-corrected chi connectivity index (χ0v) is 13.4. The Bertz CT molecular complexity index is 645. The van der Waals surface area contributed by atoms with Crippen LogP contribution in [0.15, 0.2) is 66.2 Å². The fraction of sp³-hybridized carbons (Fsp3) is 0.278. The summed E-state index contributed by atoms with van der Waals surface area (Å²) in [5.41, 5.74) is 0.574. The van der Waals surface area contributed by atoms with Crippen LogP contribution >= 0.6 is 0 Å². The van der Waals surface area contributed by atoms with E-state index in [1.165, 1.54) is 33.5 Å². The summed E-state index contributed by atoms with van der Waals surface area (Å²) < 4.78 is 15.6. The number of hydrogen-bond acceptors (Lipinski definition) is 5. The zero-order chi connectivity index (χ0) is 16.9. The van der Waals surface area contributed by atoms with Crippen LogP contribution in [-0.2, 0) is 14.2 Å². The molecule has 5 heteroatoms. The van der Waals surface area contributed by atoms with Crippen LogP contribution < -0.4 is 0 Å². The summed E-state index contributed by atoms with van der Waals surface area (Å²) in [4.78, 5) is 12.2. The third-order valence-electron chi connectivity index (χ3n) is 3.67. The van der Waals surface area contributed by atoms with Crippen molar-refractivity contribution in [2.45, 2.75) is 5.79 Å². The molecule has 2 unspecified atom stereocenters. The lowest BCUT2D eigenvalue weighted by Crippen LogP contribution is -2.39. The van der Waals surface area contributed by atoms with Crippen molar-refractivity contribution < 1.29 is 24.1 Å². The summed E-state index contributed by atoms with van der Waals surface area (Å²) in [5.74, 6) is -1.51. The summed E-state index contributed by atoms with van der Waals surface area (Å²) in [5, 5.41) is 10.6. The Kier molecular flexibility index (Phi) is 5.36. The first kappa shape index (κ1) is 17.0. The third-order valence-corrected chi connectivity index (χ3v) is 3.67. The molecule has 0 fully saturated rings. The number of benzene rings is 1. The van der Waals surface area contributed by atoms with Gasteiger partial charge in [-0.05, 0) is 12.2 Å². The molecular formula is C18H20O5. The molecule has 1 aromatic carbocycles. The maximum absolute atomic E-state index is 12.2. The molecule has 0 saturated carbocycles. The van der Waals surface area contributed by atoms with Gasteiger partial charge in [0.15, 0.2) is 23.1 Å². The normalized spacial score (nSPS) is 24.1. The number of allylic oxidation sites excluding steroid dienone is 1. The van der Waals surface area contributed by atoms with Gasteiger partial charge in [0, 0.05) is 18.7 Å². The minimum atomic E-state index is -1.61. The second kappa shape index (κ2) is 7.26. The summed E-state index contributed by atoms with van der Waals surface area (Å²) in [6.45, 7) is 0. The molecule has 0 bridgehead atoms. The highest BCUT2D eigenvalue weighted by Gasteiger charge is 2.38. The van der Waals surface area contributed by atoms with E-state index in [0.29, 0.717) is 17.1 Å². The maximum atomic E-state index is 12.2. The molecule has 0 spiro atoms. The first-order valence-corrected chi connectivity index (χ1v) is 7.12. The van der Waals surface area contributed by atoms with Gasteiger partial charge in [-0.2, -0.15) is 0 Å². The first-order chi connectivity index (χ1) is 11.0. The van der Waals surface area contributed by atoms with Crippen LogP contribution in [0.25, 0.3) is 0 Å². The fourth-order valence-electron chi connectivity index (χ4n) is 2.33. The smallest absolute Gasteiger partial charge is 0.199 e.